The summed E-state index contributed by atoms with van der Waals surface area (Å²) in [5.74, 6) is 1.24. The lowest BCUT2D eigenvalue weighted by atomic mass is 10.7. The van der Waals surface area contributed by atoms with Gasteiger partial charge >= 0.3 is 0 Å². The second kappa shape index (κ2) is 7.50. The number of nitrogens with zero attached hydrogens (tertiary/aromatic N) is 1. The molecule has 0 atom stereocenters. The highest BCUT2D eigenvalue weighted by Crippen LogP contribution is 2.15. The summed E-state index contributed by atoms with van der Waals surface area (Å²) < 4.78 is 1.13. The molecule has 0 fully saturated rings. The SMILES string of the molecule is CSSCCN(C)CI. The highest BCUT2D eigenvalue weighted by atomic mass is 127. The summed E-state index contributed by atoms with van der Waals surface area (Å²) in [7, 11) is 5.91. The third kappa shape index (κ3) is 7.29. The molecule has 9 heavy (non-hydrogen) atoms. The van der Waals surface area contributed by atoms with Gasteiger partial charge in [0.1, 0.15) is 0 Å². The fourth-order valence-electron chi connectivity index (χ4n) is 0.336. The van der Waals surface area contributed by atoms with Crippen LogP contribution in [-0.4, -0.2) is 35.1 Å². The summed E-state index contributed by atoms with van der Waals surface area (Å²) in [6.07, 6.45) is 2.12. The van der Waals surface area contributed by atoms with Crippen LogP contribution in [0.25, 0.3) is 0 Å². The first-order chi connectivity index (χ1) is 4.31. The van der Waals surface area contributed by atoms with Crippen molar-refractivity contribution >= 4 is 44.2 Å². The van der Waals surface area contributed by atoms with Gasteiger partial charge in [0.05, 0.1) is 4.55 Å². The van der Waals surface area contributed by atoms with Crippen LogP contribution in [0.1, 0.15) is 0 Å². The average molecular weight is 277 g/mol. The lowest BCUT2D eigenvalue weighted by molar-refractivity contribution is 0.429. The summed E-state index contributed by atoms with van der Waals surface area (Å²) >= 11 is 2.38. The monoisotopic (exact) mass is 277 g/mol. The Morgan fingerprint density at radius 1 is 1.56 bits per heavy atom. The Morgan fingerprint density at radius 2 is 2.22 bits per heavy atom. The maximum absolute atomic E-state index is 2.38. The molecule has 56 valence electrons. The number of alkyl halides is 1. The van der Waals surface area contributed by atoms with Crippen molar-refractivity contribution in [2.24, 2.45) is 0 Å². The smallest absolute Gasteiger partial charge is 0.0502 e. The first kappa shape index (κ1) is 10.4. The largest absolute Gasteiger partial charge is 0.296 e. The van der Waals surface area contributed by atoms with E-state index in [0.29, 0.717) is 0 Å². The molecule has 0 aliphatic rings. The number of hydrogen-bond acceptors (Lipinski definition) is 3. The lowest BCUT2D eigenvalue weighted by Crippen LogP contribution is -2.18. The molecule has 0 aliphatic heterocycles. The molecule has 0 amide bonds. The van der Waals surface area contributed by atoms with E-state index < -0.39 is 0 Å². The van der Waals surface area contributed by atoms with Crippen molar-refractivity contribution in [2.45, 2.75) is 0 Å². The van der Waals surface area contributed by atoms with Crippen molar-refractivity contribution in [3.05, 3.63) is 0 Å². The van der Waals surface area contributed by atoms with Gasteiger partial charge in [-0.1, -0.05) is 44.2 Å². The molecule has 0 aromatic carbocycles. The van der Waals surface area contributed by atoms with E-state index in [-0.39, 0.29) is 0 Å². The van der Waals surface area contributed by atoms with E-state index >= 15 is 0 Å². The first-order valence-corrected chi connectivity index (χ1v) is 6.96. The van der Waals surface area contributed by atoms with Gasteiger partial charge < -0.3 is 0 Å². The van der Waals surface area contributed by atoms with Crippen LogP contribution in [0.15, 0.2) is 0 Å². The van der Waals surface area contributed by atoms with Gasteiger partial charge in [-0.05, 0) is 13.3 Å². The normalized spacial score (nSPS) is 10.7. The molecular formula is C5H12INS2. The fraction of sp³-hybridized carbons (Fsp3) is 1.00. The third-order valence-corrected chi connectivity index (χ3v) is 3.83. The van der Waals surface area contributed by atoms with Crippen molar-refractivity contribution in [1.82, 2.24) is 4.90 Å². The zero-order valence-electron chi connectivity index (χ0n) is 5.76. The number of hydrogen-bond donors (Lipinski definition) is 0. The van der Waals surface area contributed by atoms with E-state index in [1.807, 2.05) is 21.6 Å². The zero-order valence-corrected chi connectivity index (χ0v) is 9.55. The quantitative estimate of drug-likeness (QED) is 0.250. The Labute approximate surface area is 78.9 Å². The van der Waals surface area contributed by atoms with E-state index in [0.717, 1.165) is 4.55 Å². The van der Waals surface area contributed by atoms with Gasteiger partial charge in [0.2, 0.25) is 0 Å². The van der Waals surface area contributed by atoms with Crippen LogP contribution in [-0.2, 0) is 0 Å². The summed E-state index contributed by atoms with van der Waals surface area (Å²) in [6, 6.07) is 0. The second-order valence-corrected chi connectivity index (χ2v) is 5.05. The van der Waals surface area contributed by atoms with Crippen LogP contribution in [0.2, 0.25) is 0 Å². The van der Waals surface area contributed by atoms with E-state index in [1.165, 1.54) is 12.3 Å². The predicted molar refractivity (Wildman–Crippen MR) is 57.5 cm³/mol. The van der Waals surface area contributed by atoms with E-state index in [2.05, 4.69) is 40.8 Å². The average Bonchev–Trinajstić information content (AvgIpc) is 1.89. The van der Waals surface area contributed by atoms with Gasteiger partial charge in [-0.25, -0.2) is 0 Å². The Morgan fingerprint density at radius 3 is 2.67 bits per heavy atom. The van der Waals surface area contributed by atoms with Crippen LogP contribution >= 0.6 is 44.2 Å². The van der Waals surface area contributed by atoms with Crippen LogP contribution in [0.5, 0.6) is 0 Å². The molecule has 4 heteroatoms. The topological polar surface area (TPSA) is 3.24 Å². The molecule has 1 nitrogen and oxygen atoms in total. The summed E-state index contributed by atoms with van der Waals surface area (Å²) in [6.45, 7) is 1.20. The predicted octanol–water partition coefficient (Wildman–Crippen LogP) is 2.32. The van der Waals surface area contributed by atoms with Gasteiger partial charge in [-0.2, -0.15) is 0 Å². The van der Waals surface area contributed by atoms with Crippen LogP contribution in [0.3, 0.4) is 0 Å². The molecular weight excluding hydrogens is 265 g/mol. The van der Waals surface area contributed by atoms with Crippen molar-refractivity contribution in [3.8, 4) is 0 Å². The Hall–Kier alpha value is 1.39. The molecule has 0 unspecified atom stereocenters. The Bertz CT molecular complexity index is 62.9. The van der Waals surface area contributed by atoms with Crippen molar-refractivity contribution in [1.29, 1.82) is 0 Å². The molecule has 0 saturated carbocycles. The highest BCUT2D eigenvalue weighted by Gasteiger charge is 1.92. The molecule has 0 saturated heterocycles. The standard InChI is InChI=1S/C5H12INS2/c1-7(5-6)3-4-9-8-2/h3-5H2,1-2H3. The highest BCUT2D eigenvalue weighted by molar-refractivity contribution is 14.1. The van der Waals surface area contributed by atoms with E-state index in [9.17, 15) is 0 Å². The van der Waals surface area contributed by atoms with E-state index in [1.54, 1.807) is 0 Å². The molecule has 0 aromatic rings. The fourth-order valence-corrected chi connectivity index (χ4v) is 1.95. The minimum atomic E-state index is 1.13. The maximum atomic E-state index is 2.38. The van der Waals surface area contributed by atoms with Crippen LogP contribution in [0.4, 0.5) is 0 Å². The second-order valence-electron chi connectivity index (χ2n) is 1.69. The van der Waals surface area contributed by atoms with Gasteiger partial charge in [0.15, 0.2) is 0 Å². The Balaban J connectivity index is 2.88. The molecule has 0 heterocycles. The molecule has 0 aromatic heterocycles. The molecule has 0 rings (SSSR count). The minimum Gasteiger partial charge on any atom is -0.296 e. The van der Waals surface area contributed by atoms with Crippen LogP contribution in [0, 0.1) is 0 Å². The molecule has 0 N–H and O–H groups in total. The summed E-state index contributed by atoms with van der Waals surface area (Å²) in [4.78, 5) is 2.31. The lowest BCUT2D eigenvalue weighted by Gasteiger charge is -2.10. The third-order valence-electron chi connectivity index (χ3n) is 0.878. The number of rotatable bonds is 5. The Kier molecular flexibility index (Phi) is 8.65. The summed E-state index contributed by atoms with van der Waals surface area (Å²) in [5.41, 5.74) is 0. The maximum Gasteiger partial charge on any atom is 0.0502 e. The van der Waals surface area contributed by atoms with Crippen molar-refractivity contribution in [3.63, 3.8) is 0 Å². The van der Waals surface area contributed by atoms with Gasteiger partial charge in [0.25, 0.3) is 0 Å². The first-order valence-electron chi connectivity index (χ1n) is 2.71. The van der Waals surface area contributed by atoms with Gasteiger partial charge in [-0.15, -0.1) is 0 Å². The summed E-state index contributed by atoms with van der Waals surface area (Å²) in [5, 5.41) is 0. The van der Waals surface area contributed by atoms with Crippen molar-refractivity contribution in [2.75, 3.05) is 30.2 Å². The molecule has 0 spiro atoms. The van der Waals surface area contributed by atoms with Gasteiger partial charge in [-0.3, -0.25) is 4.90 Å². The molecule has 0 bridgehead atoms. The van der Waals surface area contributed by atoms with Crippen LogP contribution < -0.4 is 0 Å². The molecule has 0 radical (unpaired) electrons. The van der Waals surface area contributed by atoms with Crippen molar-refractivity contribution < 1.29 is 0 Å². The van der Waals surface area contributed by atoms with Gasteiger partial charge in [0, 0.05) is 12.3 Å². The zero-order chi connectivity index (χ0) is 7.11. The molecule has 0 aliphatic carbocycles. The minimum absolute atomic E-state index is 1.13. The van der Waals surface area contributed by atoms with E-state index in [4.69, 9.17) is 0 Å². The number of halogens is 1.